The molecule has 5 fully saturated rings. The van der Waals surface area contributed by atoms with Crippen molar-refractivity contribution in [3.05, 3.63) is 0 Å². The number of ether oxygens (including phenoxy) is 3. The summed E-state index contributed by atoms with van der Waals surface area (Å²) in [6.45, 7) is 9.95. The van der Waals surface area contributed by atoms with Crippen LogP contribution in [0.1, 0.15) is 67.2 Å². The smallest absolute Gasteiger partial charge is 0.303 e. The first kappa shape index (κ1) is 22.6. The van der Waals surface area contributed by atoms with Crippen molar-refractivity contribution in [2.75, 3.05) is 0 Å². The van der Waals surface area contributed by atoms with Crippen molar-refractivity contribution < 1.29 is 39.1 Å². The summed E-state index contributed by atoms with van der Waals surface area (Å²) in [5.74, 6) is -2.31. The molecular formula is C24H36O8. The fraction of sp³-hybridized carbons (Fsp3) is 0.917. The quantitative estimate of drug-likeness (QED) is 0.423. The number of epoxide rings is 1. The lowest BCUT2D eigenvalue weighted by Crippen LogP contribution is -2.63. The molecule has 3 N–H and O–H groups in total. The fourth-order valence-corrected chi connectivity index (χ4v) is 8.91. The molecule has 1 spiro atoms. The second-order valence-corrected chi connectivity index (χ2v) is 12.1. The van der Waals surface area contributed by atoms with Gasteiger partial charge in [0.05, 0.1) is 23.4 Å². The Morgan fingerprint density at radius 3 is 2.19 bits per heavy atom. The molecule has 4 aliphatic carbocycles. The van der Waals surface area contributed by atoms with Gasteiger partial charge in [-0.25, -0.2) is 0 Å². The number of hydrogen-bond acceptors (Lipinski definition) is 8. The van der Waals surface area contributed by atoms with Crippen molar-refractivity contribution in [1.82, 2.24) is 0 Å². The molecule has 2 unspecified atom stereocenters. The third-order valence-electron chi connectivity index (χ3n) is 9.94. The molecule has 1 saturated heterocycles. The van der Waals surface area contributed by atoms with Crippen LogP contribution in [-0.4, -0.2) is 68.5 Å². The first-order chi connectivity index (χ1) is 14.6. The van der Waals surface area contributed by atoms with Crippen LogP contribution in [0.5, 0.6) is 0 Å². The summed E-state index contributed by atoms with van der Waals surface area (Å²) < 4.78 is 17.6. The molecule has 5 rings (SSSR count). The molecule has 8 nitrogen and oxygen atoms in total. The van der Waals surface area contributed by atoms with E-state index in [4.69, 9.17) is 14.2 Å². The summed E-state index contributed by atoms with van der Waals surface area (Å²) in [5.41, 5.74) is -5.65. The van der Waals surface area contributed by atoms with Gasteiger partial charge < -0.3 is 29.5 Å². The minimum absolute atomic E-state index is 0.202. The van der Waals surface area contributed by atoms with Gasteiger partial charge in [-0.15, -0.1) is 0 Å². The van der Waals surface area contributed by atoms with Crippen LogP contribution >= 0.6 is 0 Å². The summed E-state index contributed by atoms with van der Waals surface area (Å²) in [6, 6.07) is 0. The van der Waals surface area contributed by atoms with Gasteiger partial charge in [-0.05, 0) is 45.4 Å². The summed E-state index contributed by atoms with van der Waals surface area (Å²) in [4.78, 5) is 24.3. The number of aliphatic hydroxyl groups is 3. The van der Waals surface area contributed by atoms with Crippen LogP contribution in [0.3, 0.4) is 0 Å². The van der Waals surface area contributed by atoms with Gasteiger partial charge in [0.25, 0.3) is 0 Å². The lowest BCUT2D eigenvalue weighted by atomic mass is 9.57. The van der Waals surface area contributed by atoms with E-state index in [0.717, 1.165) is 0 Å². The lowest BCUT2D eigenvalue weighted by molar-refractivity contribution is -0.230. The molecule has 8 heteroatoms. The van der Waals surface area contributed by atoms with Gasteiger partial charge in [0.15, 0.2) is 0 Å². The third-order valence-corrected chi connectivity index (χ3v) is 9.94. The van der Waals surface area contributed by atoms with E-state index in [0.29, 0.717) is 19.3 Å². The first-order valence-corrected chi connectivity index (χ1v) is 11.8. The van der Waals surface area contributed by atoms with Crippen molar-refractivity contribution in [3.63, 3.8) is 0 Å². The van der Waals surface area contributed by atoms with Crippen molar-refractivity contribution >= 4 is 11.9 Å². The second-order valence-electron chi connectivity index (χ2n) is 12.1. The minimum Gasteiger partial charge on any atom is -0.462 e. The monoisotopic (exact) mass is 452 g/mol. The Morgan fingerprint density at radius 1 is 0.969 bits per heavy atom. The van der Waals surface area contributed by atoms with Crippen molar-refractivity contribution in [3.8, 4) is 0 Å². The topological polar surface area (TPSA) is 126 Å². The van der Waals surface area contributed by atoms with Crippen molar-refractivity contribution in [1.29, 1.82) is 0 Å². The van der Waals surface area contributed by atoms with Gasteiger partial charge in [-0.2, -0.15) is 0 Å². The Kier molecular flexibility index (Phi) is 4.41. The van der Waals surface area contributed by atoms with Gasteiger partial charge in [0.2, 0.25) is 0 Å². The van der Waals surface area contributed by atoms with Crippen LogP contribution in [0.2, 0.25) is 0 Å². The molecule has 11 atom stereocenters. The molecule has 1 aliphatic heterocycles. The number of hydrogen-bond donors (Lipinski definition) is 3. The van der Waals surface area contributed by atoms with Crippen LogP contribution < -0.4 is 0 Å². The molecule has 5 aliphatic rings. The average Bonchev–Trinajstić information content (AvgIpc) is 3.35. The fourth-order valence-electron chi connectivity index (χ4n) is 8.91. The molecule has 180 valence electrons. The van der Waals surface area contributed by atoms with Gasteiger partial charge in [-0.1, -0.05) is 13.8 Å². The average molecular weight is 453 g/mol. The normalized spacial score (nSPS) is 57.0. The summed E-state index contributed by atoms with van der Waals surface area (Å²) in [5, 5.41) is 35.9. The Hall–Kier alpha value is -1.22. The predicted molar refractivity (Wildman–Crippen MR) is 111 cm³/mol. The highest BCUT2D eigenvalue weighted by Gasteiger charge is 2.84. The summed E-state index contributed by atoms with van der Waals surface area (Å²) in [7, 11) is 0. The zero-order valence-electron chi connectivity index (χ0n) is 19.8. The zero-order chi connectivity index (χ0) is 23.6. The van der Waals surface area contributed by atoms with Crippen LogP contribution in [0.4, 0.5) is 0 Å². The highest BCUT2D eigenvalue weighted by atomic mass is 16.6. The summed E-state index contributed by atoms with van der Waals surface area (Å²) >= 11 is 0. The Morgan fingerprint density at radius 2 is 1.59 bits per heavy atom. The van der Waals surface area contributed by atoms with E-state index >= 15 is 0 Å². The highest BCUT2D eigenvalue weighted by molar-refractivity contribution is 5.67. The third kappa shape index (κ3) is 2.53. The van der Waals surface area contributed by atoms with Gasteiger partial charge in [0.1, 0.15) is 17.8 Å². The molecule has 0 aromatic heterocycles. The Labute approximate surface area is 188 Å². The molecule has 0 amide bonds. The van der Waals surface area contributed by atoms with E-state index in [1.807, 2.05) is 13.8 Å². The van der Waals surface area contributed by atoms with Crippen LogP contribution in [0, 0.1) is 28.6 Å². The molecule has 0 radical (unpaired) electrons. The molecule has 0 aromatic carbocycles. The van der Waals surface area contributed by atoms with E-state index in [-0.39, 0.29) is 30.5 Å². The molecule has 32 heavy (non-hydrogen) atoms. The first-order valence-electron chi connectivity index (χ1n) is 11.8. The van der Waals surface area contributed by atoms with Crippen LogP contribution in [0.25, 0.3) is 0 Å². The number of rotatable bonds is 2. The molecular weight excluding hydrogens is 416 g/mol. The maximum atomic E-state index is 12.3. The van der Waals surface area contributed by atoms with E-state index in [1.165, 1.54) is 13.8 Å². The predicted octanol–water partition coefficient (Wildman–Crippen LogP) is 1.33. The second kappa shape index (κ2) is 6.26. The van der Waals surface area contributed by atoms with Gasteiger partial charge in [0, 0.05) is 36.5 Å². The number of fused-ring (bicyclic) bond motifs is 4. The minimum atomic E-state index is -1.54. The molecule has 1 heterocycles. The van der Waals surface area contributed by atoms with E-state index in [2.05, 4.69) is 0 Å². The maximum absolute atomic E-state index is 12.3. The molecule has 2 bridgehead atoms. The van der Waals surface area contributed by atoms with Gasteiger partial charge >= 0.3 is 11.9 Å². The van der Waals surface area contributed by atoms with Crippen molar-refractivity contribution in [2.24, 2.45) is 28.6 Å². The van der Waals surface area contributed by atoms with E-state index in [1.54, 1.807) is 13.8 Å². The lowest BCUT2D eigenvalue weighted by Gasteiger charge is -2.52. The van der Waals surface area contributed by atoms with Crippen LogP contribution in [-0.2, 0) is 23.8 Å². The molecule has 0 aromatic rings. The largest absolute Gasteiger partial charge is 0.462 e. The van der Waals surface area contributed by atoms with Crippen molar-refractivity contribution in [2.45, 2.75) is 108 Å². The highest BCUT2D eigenvalue weighted by Crippen LogP contribution is 2.73. The van der Waals surface area contributed by atoms with E-state index in [9.17, 15) is 24.9 Å². The Bertz CT molecular complexity index is 864. The maximum Gasteiger partial charge on any atom is 0.303 e. The van der Waals surface area contributed by atoms with Gasteiger partial charge in [-0.3, -0.25) is 9.59 Å². The summed E-state index contributed by atoms with van der Waals surface area (Å²) in [6.07, 6.45) is -0.447. The standard InChI is InChI=1S/C24H36O8/c1-11(25)30-15-9-23-10-21(5,27)13(18(23)31-12(2)26)7-8-14(23)22(6,28)17-16-19(32-16)20(3,4)24(15,17)29/h13-19,27-29H,7-10H2,1-6H3/t13-,14-,15-,16-,17-,18?,19-,21+,22+,23?,24+/m0/s1. The van der Waals surface area contributed by atoms with Crippen LogP contribution in [0.15, 0.2) is 0 Å². The number of carbonyl (C=O) groups is 2. The number of carbonyl (C=O) groups excluding carboxylic acids is 2. The molecule has 4 saturated carbocycles. The number of esters is 2. The SMILES string of the molecule is CC(=O)OC1[C@@H]2CC[C@@H]3C1(C[C@H](OC(C)=O)[C@@]1(O)[C@@H]([C@@H]4O[C@@H]4C1(C)C)[C@]3(C)O)C[C@@]2(C)O. The Balaban J connectivity index is 1.72. The zero-order valence-corrected chi connectivity index (χ0v) is 19.8. The van der Waals surface area contributed by atoms with E-state index < -0.39 is 57.7 Å².